The Kier molecular flexibility index (Phi) is 5.80. The first-order valence-electron chi connectivity index (χ1n) is 10.5. The molecule has 1 aromatic heterocycles. The van der Waals surface area contributed by atoms with Crippen molar-refractivity contribution in [1.82, 2.24) is 4.90 Å². The van der Waals surface area contributed by atoms with E-state index in [-0.39, 0.29) is 17.7 Å². The molecule has 6 nitrogen and oxygen atoms in total. The van der Waals surface area contributed by atoms with E-state index in [1.165, 1.54) is 17.4 Å². The van der Waals surface area contributed by atoms with Crippen LogP contribution in [-0.4, -0.2) is 29.9 Å². The normalized spacial score (nSPS) is 14.1. The van der Waals surface area contributed by atoms with Crippen LogP contribution in [0, 0.1) is 20.8 Å². The summed E-state index contributed by atoms with van der Waals surface area (Å²) in [6.45, 7) is 7.98. The van der Waals surface area contributed by atoms with Crippen molar-refractivity contribution < 1.29 is 14.0 Å². The first kappa shape index (κ1) is 20.7. The highest BCUT2D eigenvalue weighted by Gasteiger charge is 2.29. The quantitative estimate of drug-likeness (QED) is 0.613. The van der Waals surface area contributed by atoms with Crippen LogP contribution in [-0.2, 0) is 6.54 Å². The van der Waals surface area contributed by atoms with Gasteiger partial charge in [0.2, 0.25) is 0 Å². The molecule has 6 heteroatoms. The molecule has 31 heavy (non-hydrogen) atoms. The van der Waals surface area contributed by atoms with Crippen molar-refractivity contribution in [1.29, 1.82) is 0 Å². The number of nitrogens with one attached hydrogen (secondary N) is 1. The minimum Gasteiger partial charge on any atom is -0.459 e. The van der Waals surface area contributed by atoms with E-state index < -0.39 is 0 Å². The third-order valence-corrected chi connectivity index (χ3v) is 5.40. The van der Waals surface area contributed by atoms with Gasteiger partial charge >= 0.3 is 6.03 Å². The molecule has 2 heterocycles. The summed E-state index contributed by atoms with van der Waals surface area (Å²) in [6, 6.07) is 15.3. The van der Waals surface area contributed by atoms with E-state index >= 15 is 0 Å². The maximum Gasteiger partial charge on any atom is 0.324 e. The van der Waals surface area contributed by atoms with E-state index in [4.69, 9.17) is 4.42 Å². The van der Waals surface area contributed by atoms with E-state index in [1.807, 2.05) is 30.0 Å². The van der Waals surface area contributed by atoms with Gasteiger partial charge in [-0.25, -0.2) is 4.79 Å². The Morgan fingerprint density at radius 2 is 1.77 bits per heavy atom. The number of nitrogens with zero attached hydrogens (tertiary/aromatic N) is 2. The molecule has 4 rings (SSSR count). The van der Waals surface area contributed by atoms with Gasteiger partial charge in [-0.05, 0) is 62.6 Å². The number of amides is 3. The lowest BCUT2D eigenvalue weighted by atomic mass is 10.1. The van der Waals surface area contributed by atoms with Gasteiger partial charge in [-0.1, -0.05) is 35.4 Å². The van der Waals surface area contributed by atoms with Gasteiger partial charge in [-0.2, -0.15) is 0 Å². The molecule has 0 aliphatic carbocycles. The summed E-state index contributed by atoms with van der Waals surface area (Å²) in [5.41, 5.74) is 5.80. The summed E-state index contributed by atoms with van der Waals surface area (Å²) in [5.74, 6) is -0.109. The van der Waals surface area contributed by atoms with Crippen molar-refractivity contribution in [2.75, 3.05) is 23.3 Å². The number of carbonyl (C=O) groups is 2. The second-order valence-corrected chi connectivity index (χ2v) is 8.16. The van der Waals surface area contributed by atoms with Crippen LogP contribution in [0.15, 0.2) is 59.2 Å². The van der Waals surface area contributed by atoms with Gasteiger partial charge in [-0.3, -0.25) is 9.69 Å². The number of hydrogen-bond donors (Lipinski definition) is 1. The van der Waals surface area contributed by atoms with Gasteiger partial charge < -0.3 is 14.6 Å². The maximum absolute atomic E-state index is 13.4. The highest BCUT2D eigenvalue weighted by atomic mass is 16.3. The minimum absolute atomic E-state index is 0.0530. The number of urea groups is 1. The van der Waals surface area contributed by atoms with Crippen molar-refractivity contribution in [2.45, 2.75) is 33.7 Å². The van der Waals surface area contributed by atoms with Gasteiger partial charge in [0.05, 0.1) is 17.6 Å². The Labute approximate surface area is 182 Å². The molecule has 0 atom stereocenters. The maximum atomic E-state index is 13.4. The molecular weight excluding hydrogens is 390 g/mol. The molecule has 0 radical (unpaired) electrons. The van der Waals surface area contributed by atoms with Gasteiger partial charge in [0.1, 0.15) is 0 Å². The first-order chi connectivity index (χ1) is 14.9. The van der Waals surface area contributed by atoms with Gasteiger partial charge in [0, 0.05) is 19.6 Å². The van der Waals surface area contributed by atoms with E-state index in [1.54, 1.807) is 17.0 Å². The number of hydrogen-bond acceptors (Lipinski definition) is 3. The topological polar surface area (TPSA) is 65.8 Å². The molecule has 2 aromatic carbocycles. The van der Waals surface area contributed by atoms with Crippen molar-refractivity contribution in [3.05, 3.63) is 82.8 Å². The van der Waals surface area contributed by atoms with Crippen molar-refractivity contribution in [3.8, 4) is 0 Å². The standard InChI is InChI=1S/C25H27N3O3/c1-17-7-8-22(21(15-17)26-24(29)23-6-4-11-31-23)28-10-5-9-27(25(28)30)16-20-13-18(2)12-19(3)14-20/h4,6-8,11-15H,5,9-10,16H2,1-3H3,(H,26,29). The first-order valence-corrected chi connectivity index (χ1v) is 10.5. The molecule has 1 aliphatic rings. The molecule has 0 bridgehead atoms. The van der Waals surface area contributed by atoms with Crippen molar-refractivity contribution >= 4 is 23.3 Å². The number of furan rings is 1. The largest absolute Gasteiger partial charge is 0.459 e. The zero-order valence-corrected chi connectivity index (χ0v) is 18.1. The highest BCUT2D eigenvalue weighted by molar-refractivity contribution is 6.06. The van der Waals surface area contributed by atoms with Gasteiger partial charge in [0.15, 0.2) is 5.76 Å². The molecule has 0 unspecified atom stereocenters. The molecule has 0 spiro atoms. The van der Waals surface area contributed by atoms with Gasteiger partial charge in [-0.15, -0.1) is 0 Å². The Balaban J connectivity index is 1.58. The zero-order chi connectivity index (χ0) is 22.0. The van der Waals surface area contributed by atoms with Crippen LogP contribution in [0.1, 0.15) is 39.2 Å². The van der Waals surface area contributed by atoms with Crippen LogP contribution < -0.4 is 10.2 Å². The molecule has 1 saturated heterocycles. The zero-order valence-electron chi connectivity index (χ0n) is 18.1. The van der Waals surface area contributed by atoms with Crippen molar-refractivity contribution in [2.24, 2.45) is 0 Å². The Hall–Kier alpha value is -3.54. The molecule has 1 aliphatic heterocycles. The molecular formula is C25H27N3O3. The molecule has 3 amide bonds. The summed E-state index contributed by atoms with van der Waals surface area (Å²) in [4.78, 5) is 29.6. The molecule has 3 aromatic rings. The third kappa shape index (κ3) is 4.63. The molecule has 1 fully saturated rings. The molecule has 1 N–H and O–H groups in total. The summed E-state index contributed by atoms with van der Waals surface area (Å²) in [7, 11) is 0. The number of carbonyl (C=O) groups excluding carboxylic acids is 2. The lowest BCUT2D eigenvalue weighted by molar-refractivity contribution is 0.0996. The number of benzene rings is 2. The number of rotatable bonds is 5. The van der Waals surface area contributed by atoms with Gasteiger partial charge in [0.25, 0.3) is 5.91 Å². The van der Waals surface area contributed by atoms with Crippen LogP contribution in [0.2, 0.25) is 0 Å². The molecule has 0 saturated carbocycles. The average molecular weight is 418 g/mol. The average Bonchev–Trinajstić information content (AvgIpc) is 3.24. The highest BCUT2D eigenvalue weighted by Crippen LogP contribution is 2.31. The number of aryl methyl sites for hydroxylation is 3. The second-order valence-electron chi connectivity index (χ2n) is 8.16. The Bertz CT molecular complexity index is 1080. The summed E-state index contributed by atoms with van der Waals surface area (Å²) in [6.07, 6.45) is 2.32. The van der Waals surface area contributed by atoms with Crippen LogP contribution in [0.25, 0.3) is 0 Å². The lowest BCUT2D eigenvalue weighted by Crippen LogP contribution is -2.49. The van der Waals surface area contributed by atoms with Crippen molar-refractivity contribution in [3.63, 3.8) is 0 Å². The second kappa shape index (κ2) is 8.68. The van der Waals surface area contributed by atoms with Crippen LogP contribution >= 0.6 is 0 Å². The third-order valence-electron chi connectivity index (χ3n) is 5.40. The molecule has 160 valence electrons. The fourth-order valence-electron chi connectivity index (χ4n) is 4.11. The predicted molar refractivity (Wildman–Crippen MR) is 122 cm³/mol. The SMILES string of the molecule is Cc1cc(C)cc(CN2CCCN(c3ccc(C)cc3NC(=O)c3ccco3)C2=O)c1. The van der Waals surface area contributed by atoms with Crippen LogP contribution in [0.3, 0.4) is 0 Å². The van der Waals surface area contributed by atoms with Crippen LogP contribution in [0.4, 0.5) is 16.2 Å². The fourth-order valence-corrected chi connectivity index (χ4v) is 4.11. The smallest absolute Gasteiger partial charge is 0.324 e. The fraction of sp³-hybridized carbons (Fsp3) is 0.280. The Morgan fingerprint density at radius 3 is 2.48 bits per heavy atom. The van der Waals surface area contributed by atoms with E-state index in [2.05, 4.69) is 37.4 Å². The summed E-state index contributed by atoms with van der Waals surface area (Å²) < 4.78 is 5.21. The number of anilines is 2. The van der Waals surface area contributed by atoms with E-state index in [0.717, 1.165) is 17.5 Å². The monoisotopic (exact) mass is 417 g/mol. The predicted octanol–water partition coefficient (Wildman–Crippen LogP) is 5.29. The Morgan fingerprint density at radius 1 is 1.00 bits per heavy atom. The summed E-state index contributed by atoms with van der Waals surface area (Å²) in [5, 5.41) is 2.91. The van der Waals surface area contributed by atoms with Crippen LogP contribution in [0.5, 0.6) is 0 Å². The van der Waals surface area contributed by atoms with E-state index in [0.29, 0.717) is 31.0 Å². The summed E-state index contributed by atoms with van der Waals surface area (Å²) >= 11 is 0. The minimum atomic E-state index is -0.339. The van der Waals surface area contributed by atoms with E-state index in [9.17, 15) is 9.59 Å². The lowest BCUT2D eigenvalue weighted by Gasteiger charge is -2.36.